The topological polar surface area (TPSA) is 68.0 Å². The lowest BCUT2D eigenvalue weighted by atomic mass is 10.3. The first-order chi connectivity index (χ1) is 9.61. The van der Waals surface area contributed by atoms with Crippen molar-refractivity contribution in [2.45, 2.75) is 24.9 Å². The van der Waals surface area contributed by atoms with E-state index in [4.69, 9.17) is 5.11 Å². The number of thioether (sulfide) groups is 1. The Morgan fingerprint density at radius 2 is 2.25 bits per heavy atom. The maximum Gasteiger partial charge on any atom is 0.313 e. The number of halogens is 1. The Hall–Kier alpha value is -1.89. The van der Waals surface area contributed by atoms with Crippen molar-refractivity contribution in [3.63, 3.8) is 0 Å². The minimum Gasteiger partial charge on any atom is -0.481 e. The molecular weight excluding hydrogens is 281 g/mol. The van der Waals surface area contributed by atoms with Crippen molar-refractivity contribution in [3.05, 3.63) is 35.9 Å². The summed E-state index contributed by atoms with van der Waals surface area (Å²) in [5.41, 5.74) is 0.603. The van der Waals surface area contributed by atoms with Crippen LogP contribution in [0.1, 0.15) is 19.2 Å². The van der Waals surface area contributed by atoms with Crippen LogP contribution in [0.4, 0.5) is 4.39 Å². The zero-order valence-electron chi connectivity index (χ0n) is 10.9. The highest BCUT2D eigenvalue weighted by molar-refractivity contribution is 7.99. The van der Waals surface area contributed by atoms with Crippen LogP contribution in [0.5, 0.6) is 0 Å². The highest BCUT2D eigenvalue weighted by Crippen LogP contribution is 2.23. The number of aryl methyl sites for hydroxylation is 1. The van der Waals surface area contributed by atoms with Crippen LogP contribution >= 0.6 is 11.8 Å². The lowest BCUT2D eigenvalue weighted by molar-refractivity contribution is -0.133. The van der Waals surface area contributed by atoms with Gasteiger partial charge in [-0.25, -0.2) is 4.39 Å². The fraction of sp³-hybridized carbons (Fsp3) is 0.308. The summed E-state index contributed by atoms with van der Waals surface area (Å²) in [6.45, 7) is 2.01. The summed E-state index contributed by atoms with van der Waals surface area (Å²) in [7, 11) is 0. The number of aromatic nitrogens is 3. The summed E-state index contributed by atoms with van der Waals surface area (Å²) in [6, 6.07) is 6.09. The van der Waals surface area contributed by atoms with Gasteiger partial charge in [0.1, 0.15) is 11.6 Å². The number of carboxylic acid groups (broad SMARTS) is 1. The summed E-state index contributed by atoms with van der Waals surface area (Å²) >= 11 is 1.07. The number of carboxylic acids is 1. The van der Waals surface area contributed by atoms with Gasteiger partial charge in [0.2, 0.25) is 0 Å². The number of rotatable bonds is 6. The molecule has 0 aliphatic carbocycles. The van der Waals surface area contributed by atoms with Gasteiger partial charge in [-0.05, 0) is 24.6 Å². The molecule has 0 aliphatic heterocycles. The Labute approximate surface area is 119 Å². The van der Waals surface area contributed by atoms with Crippen LogP contribution in [0.25, 0.3) is 5.69 Å². The third-order valence-electron chi connectivity index (χ3n) is 2.57. The highest BCUT2D eigenvalue weighted by Gasteiger charge is 2.15. The van der Waals surface area contributed by atoms with Gasteiger partial charge in [-0.3, -0.25) is 9.36 Å². The third kappa shape index (κ3) is 3.36. The van der Waals surface area contributed by atoms with Crippen LogP contribution in [0, 0.1) is 5.82 Å². The number of hydrogen-bond donors (Lipinski definition) is 1. The van der Waals surface area contributed by atoms with E-state index in [-0.39, 0.29) is 11.6 Å². The molecule has 106 valence electrons. The Kier molecular flexibility index (Phi) is 4.73. The molecule has 7 heteroatoms. The first-order valence-electron chi connectivity index (χ1n) is 6.16. The third-order valence-corrected chi connectivity index (χ3v) is 3.48. The number of carbonyl (C=O) groups is 1. The maximum absolute atomic E-state index is 13.4. The molecule has 0 amide bonds. The van der Waals surface area contributed by atoms with Crippen LogP contribution in [-0.2, 0) is 11.2 Å². The summed E-state index contributed by atoms with van der Waals surface area (Å²) in [6.07, 6.45) is 1.56. The first-order valence-corrected chi connectivity index (χ1v) is 7.15. The average molecular weight is 295 g/mol. The molecule has 0 atom stereocenters. The molecule has 0 aliphatic rings. The zero-order chi connectivity index (χ0) is 14.5. The van der Waals surface area contributed by atoms with Gasteiger partial charge in [-0.15, -0.1) is 10.2 Å². The van der Waals surface area contributed by atoms with Crippen molar-refractivity contribution in [1.82, 2.24) is 14.8 Å². The Bertz CT molecular complexity index is 615. The highest BCUT2D eigenvalue weighted by atomic mass is 32.2. The number of nitrogens with zero attached hydrogens (tertiary/aromatic N) is 3. The summed E-state index contributed by atoms with van der Waals surface area (Å²) in [5, 5.41) is 17.3. The fourth-order valence-electron chi connectivity index (χ4n) is 1.78. The molecule has 0 unspecified atom stereocenters. The molecule has 0 saturated carbocycles. The lowest BCUT2D eigenvalue weighted by Crippen LogP contribution is -2.05. The van der Waals surface area contributed by atoms with Crippen molar-refractivity contribution < 1.29 is 14.3 Å². The molecule has 0 bridgehead atoms. The fourth-order valence-corrected chi connectivity index (χ4v) is 2.47. The SMILES string of the molecule is CCCc1nnc(SCC(=O)O)n1-c1cccc(F)c1. The van der Waals surface area contributed by atoms with Gasteiger partial charge in [0.05, 0.1) is 11.4 Å². The molecule has 5 nitrogen and oxygen atoms in total. The monoisotopic (exact) mass is 295 g/mol. The molecule has 0 radical (unpaired) electrons. The van der Waals surface area contributed by atoms with Gasteiger partial charge in [0.15, 0.2) is 5.16 Å². The molecule has 0 spiro atoms. The van der Waals surface area contributed by atoms with E-state index >= 15 is 0 Å². The molecule has 1 N–H and O–H groups in total. The lowest BCUT2D eigenvalue weighted by Gasteiger charge is -2.09. The van der Waals surface area contributed by atoms with Gasteiger partial charge < -0.3 is 5.11 Å². The van der Waals surface area contributed by atoms with E-state index in [9.17, 15) is 9.18 Å². The van der Waals surface area contributed by atoms with Gasteiger partial charge in [-0.1, -0.05) is 24.8 Å². The Balaban J connectivity index is 2.41. The first kappa shape index (κ1) is 14.5. The number of aliphatic carboxylic acids is 1. The normalized spacial score (nSPS) is 10.7. The van der Waals surface area contributed by atoms with Gasteiger partial charge in [0, 0.05) is 6.42 Å². The van der Waals surface area contributed by atoms with E-state index in [1.807, 2.05) is 6.92 Å². The van der Waals surface area contributed by atoms with Gasteiger partial charge in [-0.2, -0.15) is 0 Å². The van der Waals surface area contributed by atoms with Crippen molar-refractivity contribution in [1.29, 1.82) is 0 Å². The van der Waals surface area contributed by atoms with Crippen molar-refractivity contribution in [2.24, 2.45) is 0 Å². The second-order valence-corrected chi connectivity index (χ2v) is 5.09. The Morgan fingerprint density at radius 1 is 1.45 bits per heavy atom. The molecule has 2 rings (SSSR count). The van der Waals surface area contributed by atoms with Crippen LogP contribution in [0.2, 0.25) is 0 Å². The predicted molar refractivity (Wildman–Crippen MR) is 73.7 cm³/mol. The molecule has 1 aromatic carbocycles. The van der Waals surface area contributed by atoms with E-state index in [1.54, 1.807) is 16.7 Å². The number of hydrogen-bond acceptors (Lipinski definition) is 4. The summed E-state index contributed by atoms with van der Waals surface area (Å²) in [5.74, 6) is -0.695. The molecule has 0 saturated heterocycles. The van der Waals surface area contributed by atoms with Crippen LogP contribution < -0.4 is 0 Å². The molecule has 2 aromatic rings. The van der Waals surface area contributed by atoms with E-state index in [2.05, 4.69) is 10.2 Å². The van der Waals surface area contributed by atoms with E-state index in [1.165, 1.54) is 12.1 Å². The van der Waals surface area contributed by atoms with E-state index in [0.29, 0.717) is 23.1 Å². The molecular formula is C13H14FN3O2S. The minimum atomic E-state index is -0.930. The summed E-state index contributed by atoms with van der Waals surface area (Å²) < 4.78 is 15.1. The molecule has 1 heterocycles. The van der Waals surface area contributed by atoms with Crippen LogP contribution in [0.3, 0.4) is 0 Å². The van der Waals surface area contributed by atoms with Crippen molar-refractivity contribution in [3.8, 4) is 5.69 Å². The number of benzene rings is 1. The Morgan fingerprint density at radius 3 is 2.90 bits per heavy atom. The van der Waals surface area contributed by atoms with Crippen molar-refractivity contribution >= 4 is 17.7 Å². The molecule has 20 heavy (non-hydrogen) atoms. The second kappa shape index (κ2) is 6.51. The summed E-state index contributed by atoms with van der Waals surface area (Å²) in [4.78, 5) is 10.7. The minimum absolute atomic E-state index is 0.112. The van der Waals surface area contributed by atoms with Crippen molar-refractivity contribution in [2.75, 3.05) is 5.75 Å². The standard InChI is InChI=1S/C13H14FN3O2S/c1-2-4-11-15-16-13(20-8-12(18)19)17(11)10-6-3-5-9(14)7-10/h3,5-7H,2,4,8H2,1H3,(H,18,19). The van der Waals surface area contributed by atoms with E-state index < -0.39 is 5.97 Å². The molecule has 0 fully saturated rings. The average Bonchev–Trinajstić information content (AvgIpc) is 2.80. The van der Waals surface area contributed by atoms with Gasteiger partial charge in [0.25, 0.3) is 0 Å². The second-order valence-electron chi connectivity index (χ2n) is 4.15. The van der Waals surface area contributed by atoms with Crippen LogP contribution in [-0.4, -0.2) is 31.6 Å². The predicted octanol–water partition coefficient (Wildman–Crippen LogP) is 2.54. The zero-order valence-corrected chi connectivity index (χ0v) is 11.7. The van der Waals surface area contributed by atoms with Crippen LogP contribution in [0.15, 0.2) is 29.4 Å². The molecule has 1 aromatic heterocycles. The van der Waals surface area contributed by atoms with Gasteiger partial charge >= 0.3 is 5.97 Å². The quantitative estimate of drug-likeness (QED) is 0.829. The largest absolute Gasteiger partial charge is 0.481 e. The van der Waals surface area contributed by atoms with E-state index in [0.717, 1.165) is 18.2 Å². The maximum atomic E-state index is 13.4. The smallest absolute Gasteiger partial charge is 0.313 e.